The van der Waals surface area contributed by atoms with E-state index in [4.69, 9.17) is 0 Å². The number of aliphatic imine (C=N–C) groups is 1. The number of allylic oxidation sites excluding steroid dienone is 1. The highest BCUT2D eigenvalue weighted by Crippen LogP contribution is 2.47. The number of hydrogen-bond donors (Lipinski definition) is 2. The van der Waals surface area contributed by atoms with Crippen LogP contribution in [0.4, 0.5) is 5.69 Å². The van der Waals surface area contributed by atoms with Gasteiger partial charge in [-0.05, 0) is 60.9 Å². The Hall–Kier alpha value is -2.40. The van der Waals surface area contributed by atoms with Crippen LogP contribution in [0.15, 0.2) is 46.5 Å². The number of nitrogens with zero attached hydrogens (tertiary/aromatic N) is 2. The minimum absolute atomic E-state index is 0.159. The van der Waals surface area contributed by atoms with Gasteiger partial charge in [-0.1, -0.05) is 32.4 Å². The molecule has 1 aliphatic carbocycles. The van der Waals surface area contributed by atoms with Gasteiger partial charge in [0, 0.05) is 12.0 Å². The molecule has 2 aliphatic heterocycles. The Balaban J connectivity index is 1.77. The molecular formula is C22H26N2O3. The molecule has 0 spiro atoms. The highest BCUT2D eigenvalue weighted by atomic mass is 16.3. The van der Waals surface area contributed by atoms with Crippen LogP contribution in [0.1, 0.15) is 51.5 Å². The summed E-state index contributed by atoms with van der Waals surface area (Å²) >= 11 is 0. The number of aliphatic hydroxyl groups is 1. The lowest BCUT2D eigenvalue weighted by atomic mass is 9.79. The van der Waals surface area contributed by atoms with Crippen LogP contribution in [0.25, 0.3) is 0 Å². The summed E-state index contributed by atoms with van der Waals surface area (Å²) in [7, 11) is 0. The molecule has 5 nitrogen and oxygen atoms in total. The van der Waals surface area contributed by atoms with Crippen molar-refractivity contribution >= 4 is 17.4 Å². The largest absolute Gasteiger partial charge is 0.508 e. The van der Waals surface area contributed by atoms with Gasteiger partial charge in [-0.2, -0.15) is 0 Å². The number of unbranched alkanes of at least 4 members (excludes halogenated alkanes) is 1. The zero-order valence-corrected chi connectivity index (χ0v) is 15.9. The molecule has 2 heterocycles. The lowest BCUT2D eigenvalue weighted by Gasteiger charge is -2.38. The minimum atomic E-state index is -1.31. The van der Waals surface area contributed by atoms with E-state index in [9.17, 15) is 15.0 Å². The van der Waals surface area contributed by atoms with Gasteiger partial charge in [0.25, 0.3) is 5.91 Å². The van der Waals surface area contributed by atoms with E-state index in [0.717, 1.165) is 42.5 Å². The topological polar surface area (TPSA) is 73.1 Å². The van der Waals surface area contributed by atoms with Gasteiger partial charge < -0.3 is 10.2 Å². The molecule has 0 aromatic heterocycles. The molecule has 0 saturated heterocycles. The average Bonchev–Trinajstić information content (AvgIpc) is 3.16. The van der Waals surface area contributed by atoms with Gasteiger partial charge >= 0.3 is 0 Å². The summed E-state index contributed by atoms with van der Waals surface area (Å²) in [6, 6.07) is 5.03. The maximum Gasteiger partial charge on any atom is 0.261 e. The van der Waals surface area contributed by atoms with Crippen molar-refractivity contribution in [2.45, 2.75) is 58.1 Å². The molecule has 5 heteroatoms. The number of aromatic hydroxyl groups is 1. The molecular weight excluding hydrogens is 340 g/mol. The number of phenols is 1. The Morgan fingerprint density at radius 2 is 2.15 bits per heavy atom. The van der Waals surface area contributed by atoms with E-state index >= 15 is 0 Å². The van der Waals surface area contributed by atoms with E-state index < -0.39 is 5.72 Å². The molecule has 1 aromatic carbocycles. The predicted molar refractivity (Wildman–Crippen MR) is 105 cm³/mol. The van der Waals surface area contributed by atoms with Crippen molar-refractivity contribution in [3.05, 3.63) is 47.1 Å². The number of carbonyl (C=O) groups is 1. The summed E-state index contributed by atoms with van der Waals surface area (Å²) < 4.78 is 0. The first-order valence-electron chi connectivity index (χ1n) is 9.87. The van der Waals surface area contributed by atoms with Gasteiger partial charge in [0.1, 0.15) is 11.6 Å². The highest BCUT2D eigenvalue weighted by Gasteiger charge is 2.53. The number of fused-ring (bicyclic) bond motifs is 1. The van der Waals surface area contributed by atoms with Crippen LogP contribution >= 0.6 is 0 Å². The Morgan fingerprint density at radius 3 is 2.89 bits per heavy atom. The Morgan fingerprint density at radius 1 is 1.33 bits per heavy atom. The number of phenolic OH excluding ortho intramolecular Hbond substituents is 1. The number of benzene rings is 1. The molecule has 2 N–H and O–H groups in total. The van der Waals surface area contributed by atoms with E-state index in [1.165, 1.54) is 4.90 Å². The van der Waals surface area contributed by atoms with Crippen molar-refractivity contribution < 1.29 is 15.0 Å². The Kier molecular flexibility index (Phi) is 4.42. The molecule has 4 rings (SSSR count). The molecule has 0 bridgehead atoms. The maximum absolute atomic E-state index is 13.3. The first-order valence-corrected chi connectivity index (χ1v) is 9.87. The first kappa shape index (κ1) is 18.0. The Bertz CT molecular complexity index is 884. The fourth-order valence-electron chi connectivity index (χ4n) is 4.59. The number of amides is 1. The van der Waals surface area contributed by atoms with Crippen molar-refractivity contribution in [2.24, 2.45) is 10.9 Å². The van der Waals surface area contributed by atoms with E-state index in [1.807, 2.05) is 12.2 Å². The molecule has 1 amide bonds. The van der Waals surface area contributed by atoms with Crippen LogP contribution in [0.3, 0.4) is 0 Å². The average molecular weight is 366 g/mol. The van der Waals surface area contributed by atoms with Crippen LogP contribution < -0.4 is 0 Å². The second-order valence-corrected chi connectivity index (χ2v) is 7.65. The van der Waals surface area contributed by atoms with Crippen LogP contribution in [0.2, 0.25) is 0 Å². The monoisotopic (exact) mass is 366 g/mol. The normalized spacial score (nSPS) is 26.5. The van der Waals surface area contributed by atoms with E-state index in [0.29, 0.717) is 24.3 Å². The molecule has 0 saturated carbocycles. The van der Waals surface area contributed by atoms with Gasteiger partial charge in [0.05, 0.1) is 5.69 Å². The molecule has 27 heavy (non-hydrogen) atoms. The second-order valence-electron chi connectivity index (χ2n) is 7.65. The maximum atomic E-state index is 13.3. The quantitative estimate of drug-likeness (QED) is 0.846. The van der Waals surface area contributed by atoms with Gasteiger partial charge in [-0.3, -0.25) is 9.69 Å². The second kappa shape index (κ2) is 6.64. The number of rotatable bonds is 4. The van der Waals surface area contributed by atoms with Crippen LogP contribution in [0, 0.1) is 5.92 Å². The van der Waals surface area contributed by atoms with Crippen LogP contribution in [-0.4, -0.2) is 32.6 Å². The van der Waals surface area contributed by atoms with Crippen LogP contribution in [-0.2, 0) is 11.2 Å². The van der Waals surface area contributed by atoms with E-state index in [-0.39, 0.29) is 17.6 Å². The molecule has 2 atom stereocenters. The number of amidine groups is 1. The zero-order valence-electron chi connectivity index (χ0n) is 15.9. The van der Waals surface area contributed by atoms with E-state index in [2.05, 4.69) is 18.8 Å². The molecule has 1 aromatic rings. The van der Waals surface area contributed by atoms with Gasteiger partial charge in [0.15, 0.2) is 5.72 Å². The summed E-state index contributed by atoms with van der Waals surface area (Å²) in [4.78, 5) is 19.5. The number of carbonyl (C=O) groups excluding carboxylic acids is 1. The van der Waals surface area contributed by atoms with Gasteiger partial charge in [-0.15, -0.1) is 0 Å². The molecule has 2 unspecified atom stereocenters. The third-order valence-electron chi connectivity index (χ3n) is 5.93. The summed E-state index contributed by atoms with van der Waals surface area (Å²) in [5.74, 6) is 0.769. The lowest BCUT2D eigenvalue weighted by molar-refractivity contribution is -0.134. The van der Waals surface area contributed by atoms with Crippen molar-refractivity contribution in [3.8, 4) is 5.75 Å². The standard InChI is InChI=1S/C22H26N2O3/c1-3-5-11-22(27)20-14(4-2)7-6-8-17(20)21(26)24(22)19-13-15-12-16(25)9-10-18(15)23-19/h6,8-10,12,14,25,27H,3-5,7,11,13H2,1-2H3. The van der Waals surface area contributed by atoms with Crippen molar-refractivity contribution in [2.75, 3.05) is 0 Å². The molecule has 0 radical (unpaired) electrons. The zero-order chi connectivity index (χ0) is 19.2. The lowest BCUT2D eigenvalue weighted by Crippen LogP contribution is -2.52. The predicted octanol–water partition coefficient (Wildman–Crippen LogP) is 3.98. The third-order valence-corrected chi connectivity index (χ3v) is 5.93. The summed E-state index contributed by atoms with van der Waals surface area (Å²) in [5.41, 5.74) is 1.82. The summed E-state index contributed by atoms with van der Waals surface area (Å²) in [5, 5.41) is 21.6. The first-order chi connectivity index (χ1) is 13.0. The van der Waals surface area contributed by atoms with Crippen molar-refractivity contribution in [1.29, 1.82) is 0 Å². The highest BCUT2D eigenvalue weighted by molar-refractivity contribution is 6.13. The van der Waals surface area contributed by atoms with Crippen molar-refractivity contribution in [3.63, 3.8) is 0 Å². The fourth-order valence-corrected chi connectivity index (χ4v) is 4.59. The smallest absolute Gasteiger partial charge is 0.261 e. The summed E-state index contributed by atoms with van der Waals surface area (Å²) in [6.45, 7) is 4.19. The van der Waals surface area contributed by atoms with Crippen LogP contribution in [0.5, 0.6) is 5.75 Å². The summed E-state index contributed by atoms with van der Waals surface area (Å²) in [6.07, 6.45) is 8.38. The van der Waals surface area contributed by atoms with Gasteiger partial charge in [0.2, 0.25) is 0 Å². The Labute approximate surface area is 159 Å². The fraction of sp³-hybridized carbons (Fsp3) is 0.455. The minimum Gasteiger partial charge on any atom is -0.508 e. The molecule has 0 fully saturated rings. The molecule has 142 valence electrons. The van der Waals surface area contributed by atoms with E-state index in [1.54, 1.807) is 18.2 Å². The number of hydrogen-bond acceptors (Lipinski definition) is 4. The third kappa shape index (κ3) is 2.72. The SMILES string of the molecule is CCCCC1(O)C2=C(C=CCC2CC)C(=O)N1C1=Nc2ccc(O)cc2C1. The van der Waals surface area contributed by atoms with Gasteiger partial charge in [-0.25, -0.2) is 4.99 Å². The van der Waals surface area contributed by atoms with Crippen molar-refractivity contribution in [1.82, 2.24) is 4.90 Å². The molecule has 3 aliphatic rings.